The normalized spacial score (nSPS) is 10.3. The van der Waals surface area contributed by atoms with Crippen LogP contribution in [0.4, 0.5) is 4.79 Å². The first kappa shape index (κ1) is 16.0. The Morgan fingerprint density at radius 3 is 2.45 bits per heavy atom. The molecule has 0 heterocycles. The standard InChI is InChI=1S/C15H22N2O3/c1-12(2)17(10-6-9-14(18)19)15(20)16-11-13-7-4-3-5-8-13/h3-5,7-8,12H,6,9-11H2,1-2H3,(H,16,20)(H,18,19). The number of carbonyl (C=O) groups is 2. The molecule has 1 aromatic rings. The summed E-state index contributed by atoms with van der Waals surface area (Å²) >= 11 is 0. The van der Waals surface area contributed by atoms with Gasteiger partial charge in [0, 0.05) is 25.6 Å². The van der Waals surface area contributed by atoms with Crippen LogP contribution < -0.4 is 5.32 Å². The van der Waals surface area contributed by atoms with Crippen molar-refractivity contribution >= 4 is 12.0 Å². The maximum Gasteiger partial charge on any atom is 0.317 e. The van der Waals surface area contributed by atoms with E-state index in [9.17, 15) is 9.59 Å². The number of urea groups is 1. The Kier molecular flexibility index (Phi) is 6.56. The minimum Gasteiger partial charge on any atom is -0.481 e. The van der Waals surface area contributed by atoms with Crippen molar-refractivity contribution in [2.75, 3.05) is 6.54 Å². The molecule has 0 fully saturated rings. The van der Waals surface area contributed by atoms with Crippen LogP contribution in [0.2, 0.25) is 0 Å². The first-order chi connectivity index (χ1) is 9.50. The van der Waals surface area contributed by atoms with Gasteiger partial charge in [-0.3, -0.25) is 4.79 Å². The van der Waals surface area contributed by atoms with E-state index in [1.807, 2.05) is 44.2 Å². The molecule has 0 spiro atoms. The summed E-state index contributed by atoms with van der Waals surface area (Å²) in [6.07, 6.45) is 0.543. The van der Waals surface area contributed by atoms with Crippen LogP contribution in [0.1, 0.15) is 32.3 Å². The maximum atomic E-state index is 12.1. The van der Waals surface area contributed by atoms with Crippen LogP contribution in [0.15, 0.2) is 30.3 Å². The molecule has 1 rings (SSSR count). The van der Waals surface area contributed by atoms with E-state index < -0.39 is 5.97 Å². The third-order valence-corrected chi connectivity index (χ3v) is 2.96. The summed E-state index contributed by atoms with van der Waals surface area (Å²) in [5.74, 6) is -0.835. The summed E-state index contributed by atoms with van der Waals surface area (Å²) in [5, 5.41) is 11.5. The van der Waals surface area contributed by atoms with Crippen LogP contribution >= 0.6 is 0 Å². The van der Waals surface area contributed by atoms with Crippen LogP contribution in [0, 0.1) is 0 Å². The fourth-order valence-electron chi connectivity index (χ4n) is 1.87. The lowest BCUT2D eigenvalue weighted by Crippen LogP contribution is -2.44. The van der Waals surface area contributed by atoms with E-state index in [1.54, 1.807) is 4.90 Å². The summed E-state index contributed by atoms with van der Waals surface area (Å²) in [6.45, 7) is 4.76. The van der Waals surface area contributed by atoms with E-state index in [1.165, 1.54) is 0 Å². The van der Waals surface area contributed by atoms with Crippen molar-refractivity contribution in [1.82, 2.24) is 10.2 Å². The van der Waals surface area contributed by atoms with Gasteiger partial charge in [0.15, 0.2) is 0 Å². The van der Waals surface area contributed by atoms with Gasteiger partial charge >= 0.3 is 12.0 Å². The van der Waals surface area contributed by atoms with Crippen LogP contribution in [0.5, 0.6) is 0 Å². The first-order valence-corrected chi connectivity index (χ1v) is 6.81. The number of nitrogens with one attached hydrogen (secondary N) is 1. The third kappa shape index (κ3) is 5.73. The van der Waals surface area contributed by atoms with Gasteiger partial charge in [-0.2, -0.15) is 0 Å². The summed E-state index contributed by atoms with van der Waals surface area (Å²) in [5.41, 5.74) is 1.04. The molecule has 0 saturated heterocycles. The first-order valence-electron chi connectivity index (χ1n) is 6.81. The molecule has 5 nitrogen and oxygen atoms in total. The molecule has 0 aromatic heterocycles. The van der Waals surface area contributed by atoms with Gasteiger partial charge in [0.2, 0.25) is 0 Å². The molecule has 0 bridgehead atoms. The van der Waals surface area contributed by atoms with E-state index in [-0.39, 0.29) is 18.5 Å². The minimum absolute atomic E-state index is 0.0413. The monoisotopic (exact) mass is 278 g/mol. The van der Waals surface area contributed by atoms with Gasteiger partial charge < -0.3 is 15.3 Å². The zero-order valence-electron chi connectivity index (χ0n) is 12.0. The Labute approximate surface area is 119 Å². The number of benzene rings is 1. The van der Waals surface area contributed by atoms with Crippen molar-refractivity contribution in [2.24, 2.45) is 0 Å². The molecule has 0 atom stereocenters. The smallest absolute Gasteiger partial charge is 0.317 e. The van der Waals surface area contributed by atoms with Crippen LogP contribution in [-0.2, 0) is 11.3 Å². The van der Waals surface area contributed by atoms with Crippen molar-refractivity contribution in [3.8, 4) is 0 Å². The largest absolute Gasteiger partial charge is 0.481 e. The summed E-state index contributed by atoms with van der Waals surface area (Å²) in [6, 6.07) is 9.56. The van der Waals surface area contributed by atoms with Gasteiger partial charge in [0.25, 0.3) is 0 Å². The molecule has 0 unspecified atom stereocenters. The zero-order chi connectivity index (χ0) is 15.0. The van der Waals surface area contributed by atoms with Crippen LogP contribution in [0.25, 0.3) is 0 Å². The lowest BCUT2D eigenvalue weighted by atomic mass is 10.2. The molecule has 5 heteroatoms. The number of hydrogen-bond donors (Lipinski definition) is 2. The molecule has 0 saturated carbocycles. The van der Waals surface area contributed by atoms with Gasteiger partial charge in [-0.05, 0) is 25.8 Å². The number of hydrogen-bond acceptors (Lipinski definition) is 2. The second-order valence-electron chi connectivity index (χ2n) is 4.93. The predicted octanol–water partition coefficient (Wildman–Crippen LogP) is 2.47. The number of amides is 2. The summed E-state index contributed by atoms with van der Waals surface area (Å²) in [4.78, 5) is 24.3. The molecule has 0 aliphatic heterocycles. The van der Waals surface area contributed by atoms with Crippen molar-refractivity contribution in [2.45, 2.75) is 39.3 Å². The Bertz CT molecular complexity index is 432. The number of nitrogens with zero attached hydrogens (tertiary/aromatic N) is 1. The van der Waals surface area contributed by atoms with E-state index in [2.05, 4.69) is 5.32 Å². The second kappa shape index (κ2) is 8.19. The maximum absolute atomic E-state index is 12.1. The summed E-state index contributed by atoms with van der Waals surface area (Å²) < 4.78 is 0. The molecule has 20 heavy (non-hydrogen) atoms. The van der Waals surface area contributed by atoms with Gasteiger partial charge in [0.1, 0.15) is 0 Å². The number of rotatable bonds is 7. The topological polar surface area (TPSA) is 69.6 Å². The fraction of sp³-hybridized carbons (Fsp3) is 0.467. The van der Waals surface area contributed by atoms with Crippen LogP contribution in [0.3, 0.4) is 0 Å². The Morgan fingerprint density at radius 2 is 1.90 bits per heavy atom. The molecule has 0 radical (unpaired) electrons. The molecular weight excluding hydrogens is 256 g/mol. The van der Waals surface area contributed by atoms with Gasteiger partial charge in [0.05, 0.1) is 0 Å². The number of carboxylic acids is 1. The molecule has 0 aliphatic rings. The molecular formula is C15H22N2O3. The average Bonchev–Trinajstić information content (AvgIpc) is 2.41. The van der Waals surface area contributed by atoms with Gasteiger partial charge in [-0.1, -0.05) is 30.3 Å². The van der Waals surface area contributed by atoms with Gasteiger partial charge in [-0.25, -0.2) is 4.79 Å². The molecule has 0 aliphatic carbocycles. The average molecular weight is 278 g/mol. The Balaban J connectivity index is 2.45. The van der Waals surface area contributed by atoms with Gasteiger partial charge in [-0.15, -0.1) is 0 Å². The van der Waals surface area contributed by atoms with E-state index in [0.29, 0.717) is 19.5 Å². The predicted molar refractivity (Wildman–Crippen MR) is 77.4 cm³/mol. The van der Waals surface area contributed by atoms with Crippen LogP contribution in [-0.4, -0.2) is 34.6 Å². The fourth-order valence-corrected chi connectivity index (χ4v) is 1.87. The quantitative estimate of drug-likeness (QED) is 0.805. The highest BCUT2D eigenvalue weighted by Crippen LogP contribution is 2.04. The minimum atomic E-state index is -0.835. The van der Waals surface area contributed by atoms with E-state index in [4.69, 9.17) is 5.11 Å². The van der Waals surface area contributed by atoms with Crippen molar-refractivity contribution < 1.29 is 14.7 Å². The molecule has 2 amide bonds. The zero-order valence-corrected chi connectivity index (χ0v) is 12.0. The lowest BCUT2D eigenvalue weighted by molar-refractivity contribution is -0.137. The van der Waals surface area contributed by atoms with Crippen molar-refractivity contribution in [1.29, 1.82) is 0 Å². The van der Waals surface area contributed by atoms with Crippen molar-refractivity contribution in [3.63, 3.8) is 0 Å². The van der Waals surface area contributed by atoms with Crippen molar-refractivity contribution in [3.05, 3.63) is 35.9 Å². The third-order valence-electron chi connectivity index (χ3n) is 2.96. The highest BCUT2D eigenvalue weighted by atomic mass is 16.4. The lowest BCUT2D eigenvalue weighted by Gasteiger charge is -2.26. The number of aliphatic carboxylic acids is 1. The number of carbonyl (C=O) groups excluding carboxylic acids is 1. The summed E-state index contributed by atoms with van der Waals surface area (Å²) in [7, 11) is 0. The van der Waals surface area contributed by atoms with E-state index in [0.717, 1.165) is 5.56 Å². The second-order valence-corrected chi connectivity index (χ2v) is 4.93. The SMILES string of the molecule is CC(C)N(CCCC(=O)O)C(=O)NCc1ccccc1. The molecule has 110 valence electrons. The van der Waals surface area contributed by atoms with E-state index >= 15 is 0 Å². The highest BCUT2D eigenvalue weighted by molar-refractivity contribution is 5.74. The molecule has 1 aromatic carbocycles. The molecule has 2 N–H and O–H groups in total. The Hall–Kier alpha value is -2.04. The number of carboxylic acid groups (broad SMARTS) is 1. The Morgan fingerprint density at radius 1 is 1.25 bits per heavy atom. The highest BCUT2D eigenvalue weighted by Gasteiger charge is 2.16.